The Kier molecular flexibility index (Phi) is 13.5. The standard InChI is InChI=1S/C20H35F2NO4/c1-5-7-8-9-10-11-12-13-20(3,4)27-19(25)23-16(15-17(21)22)18(24)26-14-6-2/h15,17H,5-14H2,1-4H3,(H,23,25)/b16-15-. The molecule has 0 aromatic rings. The third-order valence-corrected chi connectivity index (χ3v) is 3.94. The summed E-state index contributed by atoms with van der Waals surface area (Å²) in [6.07, 6.45) is 5.74. The van der Waals surface area contributed by atoms with Crippen LogP contribution in [0, 0.1) is 0 Å². The minimum absolute atomic E-state index is 0.0832. The summed E-state index contributed by atoms with van der Waals surface area (Å²) in [6, 6.07) is 0. The van der Waals surface area contributed by atoms with Gasteiger partial charge in [-0.1, -0.05) is 52.4 Å². The highest BCUT2D eigenvalue weighted by Gasteiger charge is 2.25. The largest absolute Gasteiger partial charge is 0.461 e. The van der Waals surface area contributed by atoms with E-state index in [9.17, 15) is 18.4 Å². The minimum Gasteiger partial charge on any atom is -0.461 e. The third kappa shape index (κ3) is 14.1. The van der Waals surface area contributed by atoms with E-state index in [0.29, 0.717) is 18.9 Å². The van der Waals surface area contributed by atoms with E-state index in [1.165, 1.54) is 25.7 Å². The molecule has 1 N–H and O–H groups in total. The number of ether oxygens (including phenoxy) is 2. The van der Waals surface area contributed by atoms with Crippen LogP contribution in [0.4, 0.5) is 13.6 Å². The van der Waals surface area contributed by atoms with Crippen LogP contribution in [0.15, 0.2) is 11.8 Å². The molecule has 0 radical (unpaired) electrons. The molecule has 0 saturated heterocycles. The number of unbranched alkanes of at least 4 members (excludes halogenated alkanes) is 6. The van der Waals surface area contributed by atoms with Gasteiger partial charge in [-0.15, -0.1) is 0 Å². The Bertz CT molecular complexity index is 465. The third-order valence-electron chi connectivity index (χ3n) is 3.94. The Morgan fingerprint density at radius 2 is 1.59 bits per heavy atom. The van der Waals surface area contributed by atoms with Gasteiger partial charge in [-0.2, -0.15) is 0 Å². The Balaban J connectivity index is 4.41. The number of amides is 1. The SMILES string of the molecule is CCCCCCCCCC(C)(C)OC(=O)N/C(=C\C(F)F)C(=O)OCCC. The summed E-state index contributed by atoms with van der Waals surface area (Å²) >= 11 is 0. The van der Waals surface area contributed by atoms with E-state index in [-0.39, 0.29) is 6.61 Å². The molecule has 158 valence electrons. The smallest absolute Gasteiger partial charge is 0.412 e. The molecule has 27 heavy (non-hydrogen) atoms. The fourth-order valence-corrected chi connectivity index (χ4v) is 2.50. The molecular weight excluding hydrogens is 356 g/mol. The molecule has 0 unspecified atom stereocenters. The second-order valence-electron chi connectivity index (χ2n) is 7.20. The molecule has 7 heteroatoms. The molecule has 0 aromatic heterocycles. The van der Waals surface area contributed by atoms with Crippen LogP contribution in [0.5, 0.6) is 0 Å². The topological polar surface area (TPSA) is 64.6 Å². The van der Waals surface area contributed by atoms with Gasteiger partial charge in [-0.05, 0) is 33.1 Å². The first-order chi connectivity index (χ1) is 12.7. The molecule has 0 atom stereocenters. The van der Waals surface area contributed by atoms with Crippen LogP contribution in [-0.2, 0) is 14.3 Å². The van der Waals surface area contributed by atoms with Gasteiger partial charge in [0.15, 0.2) is 0 Å². The van der Waals surface area contributed by atoms with Crippen molar-refractivity contribution in [3.05, 3.63) is 11.8 Å². The molecule has 0 aliphatic rings. The van der Waals surface area contributed by atoms with E-state index in [2.05, 4.69) is 12.2 Å². The second kappa shape index (κ2) is 14.4. The summed E-state index contributed by atoms with van der Waals surface area (Å²) in [6.45, 7) is 7.55. The highest BCUT2D eigenvalue weighted by molar-refractivity contribution is 5.92. The average molecular weight is 391 g/mol. The number of halogens is 2. The van der Waals surface area contributed by atoms with Crippen LogP contribution in [-0.4, -0.2) is 30.7 Å². The van der Waals surface area contributed by atoms with Crippen LogP contribution in [0.2, 0.25) is 0 Å². The molecule has 0 spiro atoms. The molecule has 0 fully saturated rings. The van der Waals surface area contributed by atoms with Gasteiger partial charge in [0.1, 0.15) is 11.3 Å². The maximum absolute atomic E-state index is 12.6. The van der Waals surface area contributed by atoms with E-state index in [0.717, 1.165) is 19.3 Å². The van der Waals surface area contributed by atoms with Crippen LogP contribution in [0.3, 0.4) is 0 Å². The number of alkyl carbamates (subject to hydrolysis) is 1. The predicted octanol–water partition coefficient (Wildman–Crippen LogP) is 5.73. The van der Waals surface area contributed by atoms with Crippen molar-refractivity contribution in [1.29, 1.82) is 0 Å². The Hall–Kier alpha value is -1.66. The van der Waals surface area contributed by atoms with Gasteiger partial charge in [0, 0.05) is 6.08 Å². The number of hydrogen-bond donors (Lipinski definition) is 1. The molecule has 5 nitrogen and oxygen atoms in total. The zero-order valence-corrected chi connectivity index (χ0v) is 17.1. The zero-order chi connectivity index (χ0) is 20.7. The van der Waals surface area contributed by atoms with Gasteiger partial charge in [-0.25, -0.2) is 18.4 Å². The summed E-state index contributed by atoms with van der Waals surface area (Å²) < 4.78 is 35.3. The monoisotopic (exact) mass is 391 g/mol. The van der Waals surface area contributed by atoms with Crippen molar-refractivity contribution in [2.24, 2.45) is 0 Å². The second-order valence-corrected chi connectivity index (χ2v) is 7.20. The Morgan fingerprint density at radius 1 is 1.00 bits per heavy atom. The fourth-order valence-electron chi connectivity index (χ4n) is 2.50. The summed E-state index contributed by atoms with van der Waals surface area (Å²) in [7, 11) is 0. The molecular formula is C20H35F2NO4. The van der Waals surface area contributed by atoms with Crippen molar-refractivity contribution < 1.29 is 27.8 Å². The quantitative estimate of drug-likeness (QED) is 0.233. The average Bonchev–Trinajstić information content (AvgIpc) is 2.57. The fraction of sp³-hybridized carbons (Fsp3) is 0.800. The van der Waals surface area contributed by atoms with E-state index in [1.54, 1.807) is 20.8 Å². The van der Waals surface area contributed by atoms with Gasteiger partial charge in [0.2, 0.25) is 0 Å². The molecule has 0 heterocycles. The summed E-state index contributed by atoms with van der Waals surface area (Å²) in [5.41, 5.74) is -1.35. The van der Waals surface area contributed by atoms with Crippen molar-refractivity contribution in [2.45, 2.75) is 97.5 Å². The van der Waals surface area contributed by atoms with Crippen LogP contribution in [0.1, 0.15) is 85.5 Å². The summed E-state index contributed by atoms with van der Waals surface area (Å²) in [5.74, 6) is -1.00. The van der Waals surface area contributed by atoms with Crippen LogP contribution in [0.25, 0.3) is 0 Å². The van der Waals surface area contributed by atoms with Gasteiger partial charge >= 0.3 is 12.1 Å². The molecule has 0 bridgehead atoms. The van der Waals surface area contributed by atoms with Gasteiger partial charge in [0.25, 0.3) is 6.43 Å². The first kappa shape index (κ1) is 25.3. The van der Waals surface area contributed by atoms with Crippen LogP contribution < -0.4 is 5.32 Å². The van der Waals surface area contributed by atoms with E-state index >= 15 is 0 Å². The normalized spacial score (nSPS) is 12.2. The highest BCUT2D eigenvalue weighted by atomic mass is 19.3. The lowest BCUT2D eigenvalue weighted by Crippen LogP contribution is -2.36. The lowest BCUT2D eigenvalue weighted by atomic mass is 9.99. The van der Waals surface area contributed by atoms with Crippen molar-refractivity contribution in [2.75, 3.05) is 6.61 Å². The molecule has 1 amide bonds. The first-order valence-corrected chi connectivity index (χ1v) is 9.89. The first-order valence-electron chi connectivity index (χ1n) is 9.89. The number of carbonyl (C=O) groups is 2. The van der Waals surface area contributed by atoms with Crippen molar-refractivity contribution in [3.8, 4) is 0 Å². The number of allylic oxidation sites excluding steroid dienone is 1. The molecule has 0 aliphatic heterocycles. The van der Waals surface area contributed by atoms with Gasteiger partial charge < -0.3 is 9.47 Å². The maximum atomic E-state index is 12.6. The van der Waals surface area contributed by atoms with E-state index in [1.807, 2.05) is 0 Å². The predicted molar refractivity (Wildman–Crippen MR) is 102 cm³/mol. The molecule has 0 rings (SSSR count). The van der Waals surface area contributed by atoms with Gasteiger partial charge in [0.05, 0.1) is 6.61 Å². The maximum Gasteiger partial charge on any atom is 0.412 e. The lowest BCUT2D eigenvalue weighted by molar-refractivity contribution is -0.139. The number of nitrogens with one attached hydrogen (secondary N) is 1. The number of alkyl halides is 2. The van der Waals surface area contributed by atoms with E-state index in [4.69, 9.17) is 9.47 Å². The minimum atomic E-state index is -2.89. The van der Waals surface area contributed by atoms with Crippen molar-refractivity contribution >= 4 is 12.1 Å². The number of hydrogen-bond acceptors (Lipinski definition) is 4. The number of rotatable bonds is 14. The van der Waals surface area contributed by atoms with Crippen LogP contribution >= 0.6 is 0 Å². The lowest BCUT2D eigenvalue weighted by Gasteiger charge is -2.25. The highest BCUT2D eigenvalue weighted by Crippen LogP contribution is 2.20. The van der Waals surface area contributed by atoms with E-state index < -0.39 is 29.8 Å². The summed E-state index contributed by atoms with van der Waals surface area (Å²) in [4.78, 5) is 23.8. The number of carbonyl (C=O) groups excluding carboxylic acids is 2. The molecule has 0 aromatic carbocycles. The van der Waals surface area contributed by atoms with Crippen molar-refractivity contribution in [3.63, 3.8) is 0 Å². The molecule has 0 saturated carbocycles. The summed E-state index contributed by atoms with van der Waals surface area (Å²) in [5, 5.41) is 2.08. The van der Waals surface area contributed by atoms with Gasteiger partial charge in [-0.3, -0.25) is 5.32 Å². The molecule has 0 aliphatic carbocycles. The Morgan fingerprint density at radius 3 is 2.15 bits per heavy atom. The Labute approximate surface area is 161 Å². The number of esters is 1. The zero-order valence-electron chi connectivity index (χ0n) is 17.1. The van der Waals surface area contributed by atoms with Crippen molar-refractivity contribution in [1.82, 2.24) is 5.32 Å².